The van der Waals surface area contributed by atoms with Crippen molar-refractivity contribution < 1.29 is 4.74 Å². The van der Waals surface area contributed by atoms with Gasteiger partial charge in [-0.05, 0) is 55.1 Å². The average molecular weight is 271 g/mol. The molecule has 0 fully saturated rings. The summed E-state index contributed by atoms with van der Waals surface area (Å²) in [6.45, 7) is 6.04. The Morgan fingerprint density at radius 3 is 2.50 bits per heavy atom. The molecule has 0 aromatic heterocycles. The zero-order valence-corrected chi connectivity index (χ0v) is 11.9. The molecule has 3 nitrogen and oxygen atoms in total. The minimum absolute atomic E-state index is 0.241. The summed E-state index contributed by atoms with van der Waals surface area (Å²) in [5, 5.41) is 0.716. The van der Waals surface area contributed by atoms with Crippen LogP contribution in [0, 0.1) is 5.92 Å². The molecule has 1 aromatic carbocycles. The molecule has 18 heavy (non-hydrogen) atoms. The number of benzene rings is 1. The number of nitrogens with two attached hydrogens (primary N) is 2. The van der Waals surface area contributed by atoms with Crippen LogP contribution in [0.2, 0.25) is 5.02 Å². The second-order valence-electron chi connectivity index (χ2n) is 4.55. The van der Waals surface area contributed by atoms with Gasteiger partial charge in [-0.25, -0.2) is 0 Å². The summed E-state index contributed by atoms with van der Waals surface area (Å²) in [5.74, 6) is 1.37. The molecule has 0 saturated carbocycles. The van der Waals surface area contributed by atoms with Crippen LogP contribution in [0.1, 0.15) is 31.7 Å². The minimum Gasteiger partial charge on any atom is -0.493 e. The van der Waals surface area contributed by atoms with Crippen LogP contribution in [0.25, 0.3) is 0 Å². The van der Waals surface area contributed by atoms with Gasteiger partial charge in [-0.3, -0.25) is 0 Å². The number of ether oxygens (including phenoxy) is 1. The lowest BCUT2D eigenvalue weighted by atomic mass is 9.87. The third kappa shape index (κ3) is 3.87. The molecule has 0 aliphatic rings. The van der Waals surface area contributed by atoms with Crippen molar-refractivity contribution in [2.75, 3.05) is 19.7 Å². The van der Waals surface area contributed by atoms with E-state index in [9.17, 15) is 0 Å². The topological polar surface area (TPSA) is 61.3 Å². The zero-order valence-electron chi connectivity index (χ0n) is 11.2. The van der Waals surface area contributed by atoms with Crippen LogP contribution in [0.4, 0.5) is 0 Å². The van der Waals surface area contributed by atoms with E-state index in [4.69, 9.17) is 27.8 Å². The van der Waals surface area contributed by atoms with Crippen LogP contribution in [0.5, 0.6) is 5.75 Å². The Morgan fingerprint density at radius 1 is 1.28 bits per heavy atom. The fourth-order valence-corrected chi connectivity index (χ4v) is 2.16. The predicted octanol–water partition coefficient (Wildman–Crippen LogP) is 2.77. The van der Waals surface area contributed by atoms with Gasteiger partial charge in [-0.1, -0.05) is 25.4 Å². The van der Waals surface area contributed by atoms with Gasteiger partial charge in [-0.2, -0.15) is 0 Å². The normalized spacial score (nSPS) is 12.8. The molecule has 1 atom stereocenters. The Labute approximate surface area is 114 Å². The van der Waals surface area contributed by atoms with Crippen LogP contribution >= 0.6 is 11.6 Å². The Hall–Kier alpha value is -0.770. The highest BCUT2D eigenvalue weighted by atomic mass is 35.5. The molecular formula is C14H23ClN2O. The van der Waals surface area contributed by atoms with Crippen LogP contribution in [0.3, 0.4) is 0 Å². The first kappa shape index (κ1) is 15.3. The fraction of sp³-hybridized carbons (Fsp3) is 0.571. The van der Waals surface area contributed by atoms with Gasteiger partial charge in [0, 0.05) is 5.02 Å². The molecule has 0 saturated heterocycles. The molecule has 0 bridgehead atoms. The maximum Gasteiger partial charge on any atom is 0.122 e. The fourth-order valence-electron chi connectivity index (χ4n) is 1.98. The maximum atomic E-state index is 6.07. The lowest BCUT2D eigenvalue weighted by molar-refractivity contribution is 0.308. The molecular weight excluding hydrogens is 248 g/mol. The van der Waals surface area contributed by atoms with Gasteiger partial charge in [0.2, 0.25) is 0 Å². The van der Waals surface area contributed by atoms with Crippen molar-refractivity contribution in [1.29, 1.82) is 0 Å². The van der Waals surface area contributed by atoms with Crippen molar-refractivity contribution in [2.24, 2.45) is 17.4 Å². The Kier molecular flexibility index (Phi) is 6.47. The molecule has 4 N–H and O–H groups in total. The number of halogens is 1. The summed E-state index contributed by atoms with van der Waals surface area (Å²) in [7, 11) is 0. The summed E-state index contributed by atoms with van der Waals surface area (Å²) in [4.78, 5) is 0. The second kappa shape index (κ2) is 7.62. The zero-order chi connectivity index (χ0) is 13.5. The van der Waals surface area contributed by atoms with E-state index < -0.39 is 0 Å². The van der Waals surface area contributed by atoms with Crippen LogP contribution in [-0.4, -0.2) is 19.7 Å². The third-order valence-electron chi connectivity index (χ3n) is 3.24. The Bertz CT molecular complexity index is 367. The van der Waals surface area contributed by atoms with Crippen LogP contribution < -0.4 is 16.2 Å². The van der Waals surface area contributed by atoms with Crippen molar-refractivity contribution in [3.05, 3.63) is 28.8 Å². The lowest BCUT2D eigenvalue weighted by Gasteiger charge is -2.23. The SMILES string of the molecule is CCCOc1ccc(Cl)cc1C(C)C(CN)CN. The van der Waals surface area contributed by atoms with Gasteiger partial charge in [0.25, 0.3) is 0 Å². The van der Waals surface area contributed by atoms with Crippen LogP contribution in [-0.2, 0) is 0 Å². The van der Waals surface area contributed by atoms with E-state index in [1.54, 1.807) is 0 Å². The summed E-state index contributed by atoms with van der Waals surface area (Å²) < 4.78 is 5.76. The minimum atomic E-state index is 0.241. The summed E-state index contributed by atoms with van der Waals surface area (Å²) >= 11 is 6.07. The summed E-state index contributed by atoms with van der Waals surface area (Å²) in [6.07, 6.45) is 0.980. The maximum absolute atomic E-state index is 6.07. The molecule has 4 heteroatoms. The highest BCUT2D eigenvalue weighted by Crippen LogP contribution is 2.33. The molecule has 102 valence electrons. The van der Waals surface area contributed by atoms with Crippen molar-refractivity contribution >= 4 is 11.6 Å². The van der Waals surface area contributed by atoms with E-state index in [1.165, 1.54) is 0 Å². The molecule has 0 spiro atoms. The average Bonchev–Trinajstić information content (AvgIpc) is 2.38. The first-order chi connectivity index (χ1) is 8.63. The smallest absolute Gasteiger partial charge is 0.122 e. The van der Waals surface area contributed by atoms with E-state index in [0.29, 0.717) is 24.7 Å². The Morgan fingerprint density at radius 2 is 1.94 bits per heavy atom. The van der Waals surface area contributed by atoms with E-state index in [2.05, 4.69) is 13.8 Å². The van der Waals surface area contributed by atoms with E-state index in [1.807, 2.05) is 18.2 Å². The van der Waals surface area contributed by atoms with Gasteiger partial charge >= 0.3 is 0 Å². The van der Waals surface area contributed by atoms with Crippen molar-refractivity contribution in [3.8, 4) is 5.75 Å². The lowest BCUT2D eigenvalue weighted by Crippen LogP contribution is -2.28. The number of rotatable bonds is 7. The molecule has 0 aliphatic carbocycles. The first-order valence-electron chi connectivity index (χ1n) is 6.46. The highest BCUT2D eigenvalue weighted by molar-refractivity contribution is 6.30. The van der Waals surface area contributed by atoms with Gasteiger partial charge in [0.05, 0.1) is 6.61 Å². The molecule has 0 radical (unpaired) electrons. The predicted molar refractivity (Wildman–Crippen MR) is 77.3 cm³/mol. The van der Waals surface area contributed by atoms with Gasteiger partial charge in [-0.15, -0.1) is 0 Å². The van der Waals surface area contributed by atoms with E-state index in [0.717, 1.165) is 17.7 Å². The summed E-state index contributed by atoms with van der Waals surface area (Å²) in [6, 6.07) is 5.73. The highest BCUT2D eigenvalue weighted by Gasteiger charge is 2.20. The molecule has 0 aliphatic heterocycles. The molecule has 1 rings (SSSR count). The summed E-state index contributed by atoms with van der Waals surface area (Å²) in [5.41, 5.74) is 12.6. The second-order valence-corrected chi connectivity index (χ2v) is 4.99. The van der Waals surface area contributed by atoms with Gasteiger partial charge in [0.15, 0.2) is 0 Å². The van der Waals surface area contributed by atoms with Gasteiger partial charge < -0.3 is 16.2 Å². The van der Waals surface area contributed by atoms with Crippen molar-refractivity contribution in [1.82, 2.24) is 0 Å². The largest absolute Gasteiger partial charge is 0.493 e. The molecule has 0 heterocycles. The van der Waals surface area contributed by atoms with E-state index >= 15 is 0 Å². The monoisotopic (exact) mass is 270 g/mol. The van der Waals surface area contributed by atoms with E-state index in [-0.39, 0.29) is 11.8 Å². The standard InChI is InChI=1S/C14H23ClN2O/c1-3-6-18-14-5-4-12(15)7-13(14)10(2)11(8-16)9-17/h4-5,7,10-11H,3,6,8-9,16-17H2,1-2H3. The molecule has 0 amide bonds. The third-order valence-corrected chi connectivity index (χ3v) is 3.47. The quantitative estimate of drug-likeness (QED) is 0.801. The molecule has 1 aromatic rings. The Balaban J connectivity index is 2.99. The van der Waals surface area contributed by atoms with Crippen LogP contribution in [0.15, 0.2) is 18.2 Å². The number of hydrogen-bond acceptors (Lipinski definition) is 3. The first-order valence-corrected chi connectivity index (χ1v) is 6.84. The van der Waals surface area contributed by atoms with Gasteiger partial charge in [0.1, 0.15) is 5.75 Å². The van der Waals surface area contributed by atoms with Crippen molar-refractivity contribution in [3.63, 3.8) is 0 Å². The number of hydrogen-bond donors (Lipinski definition) is 2. The van der Waals surface area contributed by atoms with Crippen molar-refractivity contribution in [2.45, 2.75) is 26.2 Å². The molecule has 1 unspecified atom stereocenters.